The predicted octanol–water partition coefficient (Wildman–Crippen LogP) is 3.25. The lowest BCUT2D eigenvalue weighted by Crippen LogP contribution is -2.11. The first-order chi connectivity index (χ1) is 11.4. The van der Waals surface area contributed by atoms with Crippen molar-refractivity contribution in [2.24, 2.45) is 0 Å². The minimum Gasteiger partial charge on any atom is -0.346 e. The standard InChI is InChI=1S/C15H13F3N6/c1-10(22-14-19-6-2-7-20-14)12-5-8-24(23-12)11-3-4-13(21-9-11)15(16,17)18/h2-10H,1H3,(H,19,20,22)/t10-/m0/s1. The molecule has 3 rings (SSSR count). The van der Waals surface area contributed by atoms with Gasteiger partial charge in [0.05, 0.1) is 23.6 Å². The van der Waals surface area contributed by atoms with Crippen molar-refractivity contribution in [3.63, 3.8) is 0 Å². The minimum absolute atomic E-state index is 0.170. The van der Waals surface area contributed by atoms with E-state index in [-0.39, 0.29) is 6.04 Å². The predicted molar refractivity (Wildman–Crippen MR) is 80.4 cm³/mol. The summed E-state index contributed by atoms with van der Waals surface area (Å²) in [5.74, 6) is 0.468. The summed E-state index contributed by atoms with van der Waals surface area (Å²) in [5, 5.41) is 7.44. The largest absolute Gasteiger partial charge is 0.433 e. The van der Waals surface area contributed by atoms with Gasteiger partial charge < -0.3 is 5.32 Å². The van der Waals surface area contributed by atoms with Crippen LogP contribution in [-0.2, 0) is 6.18 Å². The van der Waals surface area contributed by atoms with Crippen molar-refractivity contribution in [3.05, 3.63) is 60.4 Å². The first kappa shape index (κ1) is 15.9. The lowest BCUT2D eigenvalue weighted by molar-refractivity contribution is -0.141. The highest BCUT2D eigenvalue weighted by Crippen LogP contribution is 2.27. The van der Waals surface area contributed by atoms with Crippen LogP contribution in [0, 0.1) is 0 Å². The second-order valence-corrected chi connectivity index (χ2v) is 5.02. The number of hydrogen-bond acceptors (Lipinski definition) is 5. The van der Waals surface area contributed by atoms with Crippen molar-refractivity contribution >= 4 is 5.95 Å². The molecule has 0 fully saturated rings. The normalized spacial score (nSPS) is 12.8. The highest BCUT2D eigenvalue weighted by molar-refractivity contribution is 5.32. The molecular formula is C15H13F3N6. The van der Waals surface area contributed by atoms with Crippen LogP contribution >= 0.6 is 0 Å². The summed E-state index contributed by atoms with van der Waals surface area (Å²) in [5.41, 5.74) is 0.203. The summed E-state index contributed by atoms with van der Waals surface area (Å²) in [4.78, 5) is 11.6. The first-order valence-electron chi connectivity index (χ1n) is 7.06. The fourth-order valence-corrected chi connectivity index (χ4v) is 2.04. The van der Waals surface area contributed by atoms with E-state index in [1.165, 1.54) is 10.7 Å². The molecule has 9 heteroatoms. The third-order valence-electron chi connectivity index (χ3n) is 3.27. The molecule has 3 aromatic heterocycles. The van der Waals surface area contributed by atoms with Crippen LogP contribution in [0.3, 0.4) is 0 Å². The van der Waals surface area contributed by atoms with E-state index in [1.807, 2.05) is 6.92 Å². The molecular weight excluding hydrogens is 321 g/mol. The summed E-state index contributed by atoms with van der Waals surface area (Å²) < 4.78 is 39.1. The number of halogens is 3. The van der Waals surface area contributed by atoms with E-state index in [1.54, 1.807) is 30.7 Å². The van der Waals surface area contributed by atoms with Gasteiger partial charge in [0, 0.05) is 18.6 Å². The van der Waals surface area contributed by atoms with Gasteiger partial charge in [-0.15, -0.1) is 0 Å². The van der Waals surface area contributed by atoms with Crippen LogP contribution in [0.5, 0.6) is 0 Å². The van der Waals surface area contributed by atoms with E-state index in [2.05, 4.69) is 25.4 Å². The average molecular weight is 334 g/mol. The van der Waals surface area contributed by atoms with Crippen LogP contribution in [0.15, 0.2) is 49.1 Å². The second kappa shape index (κ2) is 6.26. The fourth-order valence-electron chi connectivity index (χ4n) is 2.04. The maximum absolute atomic E-state index is 12.5. The second-order valence-electron chi connectivity index (χ2n) is 5.02. The molecule has 6 nitrogen and oxygen atoms in total. The van der Waals surface area contributed by atoms with Crippen LogP contribution < -0.4 is 5.32 Å². The first-order valence-corrected chi connectivity index (χ1v) is 7.06. The van der Waals surface area contributed by atoms with E-state index in [0.29, 0.717) is 17.3 Å². The van der Waals surface area contributed by atoms with Gasteiger partial charge in [0.15, 0.2) is 0 Å². The number of hydrogen-bond donors (Lipinski definition) is 1. The minimum atomic E-state index is -4.46. The zero-order valence-electron chi connectivity index (χ0n) is 12.6. The molecule has 1 atom stereocenters. The number of nitrogens with zero attached hydrogens (tertiary/aromatic N) is 5. The molecule has 0 unspecified atom stereocenters. The van der Waals surface area contributed by atoms with Crippen molar-refractivity contribution in [2.45, 2.75) is 19.1 Å². The lowest BCUT2D eigenvalue weighted by atomic mass is 10.2. The van der Waals surface area contributed by atoms with Crippen molar-refractivity contribution in [1.29, 1.82) is 0 Å². The molecule has 0 aromatic carbocycles. The topological polar surface area (TPSA) is 68.5 Å². The maximum Gasteiger partial charge on any atom is 0.433 e. The molecule has 0 spiro atoms. The summed E-state index contributed by atoms with van der Waals surface area (Å²) >= 11 is 0. The van der Waals surface area contributed by atoms with Gasteiger partial charge in [-0.2, -0.15) is 18.3 Å². The number of pyridine rings is 1. The van der Waals surface area contributed by atoms with Gasteiger partial charge in [-0.3, -0.25) is 0 Å². The van der Waals surface area contributed by atoms with Gasteiger partial charge in [0.2, 0.25) is 5.95 Å². The smallest absolute Gasteiger partial charge is 0.346 e. The van der Waals surface area contributed by atoms with E-state index in [0.717, 1.165) is 12.3 Å². The summed E-state index contributed by atoms with van der Waals surface area (Å²) in [6.45, 7) is 1.88. The summed E-state index contributed by atoms with van der Waals surface area (Å²) in [6, 6.07) is 5.55. The van der Waals surface area contributed by atoms with Gasteiger partial charge in [0.1, 0.15) is 5.69 Å². The van der Waals surface area contributed by atoms with Crippen LogP contribution in [0.1, 0.15) is 24.4 Å². The van der Waals surface area contributed by atoms with Gasteiger partial charge >= 0.3 is 6.18 Å². The third-order valence-corrected chi connectivity index (χ3v) is 3.27. The Bertz CT molecular complexity index is 798. The highest BCUT2D eigenvalue weighted by atomic mass is 19.4. The van der Waals surface area contributed by atoms with E-state index < -0.39 is 11.9 Å². The zero-order valence-corrected chi connectivity index (χ0v) is 12.6. The number of alkyl halides is 3. The van der Waals surface area contributed by atoms with Gasteiger partial charge in [0.25, 0.3) is 0 Å². The van der Waals surface area contributed by atoms with Gasteiger partial charge in [-0.05, 0) is 31.2 Å². The zero-order chi connectivity index (χ0) is 17.2. The van der Waals surface area contributed by atoms with Gasteiger partial charge in [-0.25, -0.2) is 19.6 Å². The van der Waals surface area contributed by atoms with E-state index in [4.69, 9.17) is 0 Å². The van der Waals surface area contributed by atoms with E-state index in [9.17, 15) is 13.2 Å². The SMILES string of the molecule is C[C@H](Nc1ncccn1)c1ccn(-c2ccc(C(F)(F)F)nc2)n1. The quantitative estimate of drug-likeness (QED) is 0.793. The van der Waals surface area contributed by atoms with Crippen molar-refractivity contribution in [2.75, 3.05) is 5.32 Å². The monoisotopic (exact) mass is 334 g/mol. The summed E-state index contributed by atoms with van der Waals surface area (Å²) in [7, 11) is 0. The van der Waals surface area contributed by atoms with Crippen LogP contribution in [0.25, 0.3) is 5.69 Å². The molecule has 0 aliphatic heterocycles. The fraction of sp³-hybridized carbons (Fsp3) is 0.200. The van der Waals surface area contributed by atoms with Crippen LogP contribution in [0.4, 0.5) is 19.1 Å². The Hall–Kier alpha value is -2.97. The van der Waals surface area contributed by atoms with Crippen molar-refractivity contribution in [3.8, 4) is 5.69 Å². The molecule has 0 bridgehead atoms. The average Bonchev–Trinajstić information content (AvgIpc) is 3.05. The Morgan fingerprint density at radius 1 is 1.08 bits per heavy atom. The van der Waals surface area contributed by atoms with Crippen molar-refractivity contribution in [1.82, 2.24) is 24.7 Å². The Morgan fingerprint density at radius 2 is 1.83 bits per heavy atom. The molecule has 0 aliphatic rings. The van der Waals surface area contributed by atoms with E-state index >= 15 is 0 Å². The molecule has 0 radical (unpaired) electrons. The molecule has 24 heavy (non-hydrogen) atoms. The molecule has 0 saturated carbocycles. The molecule has 1 N–H and O–H groups in total. The maximum atomic E-state index is 12.5. The molecule has 3 aromatic rings. The van der Waals surface area contributed by atoms with Gasteiger partial charge in [-0.1, -0.05) is 0 Å². The molecule has 3 heterocycles. The Labute approximate surface area is 135 Å². The van der Waals surface area contributed by atoms with Crippen LogP contribution in [0.2, 0.25) is 0 Å². The lowest BCUT2D eigenvalue weighted by Gasteiger charge is -2.11. The van der Waals surface area contributed by atoms with Crippen LogP contribution in [-0.4, -0.2) is 24.7 Å². The number of nitrogens with one attached hydrogen (secondary N) is 1. The number of aromatic nitrogens is 5. The molecule has 0 amide bonds. The Balaban J connectivity index is 1.75. The molecule has 0 saturated heterocycles. The molecule has 124 valence electrons. The third kappa shape index (κ3) is 3.50. The summed E-state index contributed by atoms with van der Waals surface area (Å²) in [6.07, 6.45) is 1.58. The number of rotatable bonds is 4. The number of anilines is 1. The highest BCUT2D eigenvalue weighted by Gasteiger charge is 2.32. The Kier molecular flexibility index (Phi) is 4.15. The molecule has 0 aliphatic carbocycles. The van der Waals surface area contributed by atoms with Crippen molar-refractivity contribution < 1.29 is 13.2 Å². The Morgan fingerprint density at radius 3 is 2.46 bits per heavy atom.